The van der Waals surface area contributed by atoms with E-state index in [0.717, 1.165) is 38.4 Å². The highest BCUT2D eigenvalue weighted by molar-refractivity contribution is 6.08. The molecule has 0 spiro atoms. The Kier molecular flexibility index (Phi) is 5.63. The predicted molar refractivity (Wildman–Crippen MR) is 116 cm³/mol. The minimum absolute atomic E-state index is 0.0205. The van der Waals surface area contributed by atoms with Crippen LogP contribution in [0.1, 0.15) is 30.5 Å². The van der Waals surface area contributed by atoms with E-state index < -0.39 is 0 Å². The van der Waals surface area contributed by atoms with Crippen LogP contribution in [0.5, 0.6) is 0 Å². The quantitative estimate of drug-likeness (QED) is 0.464. The molecule has 0 saturated carbocycles. The van der Waals surface area contributed by atoms with Crippen molar-refractivity contribution in [3.05, 3.63) is 83.6 Å². The average molecular weight is 387 g/mol. The first-order valence-electron chi connectivity index (χ1n) is 9.94. The maximum absolute atomic E-state index is 12.5. The molecule has 0 radical (unpaired) electrons. The number of furan rings is 1. The summed E-state index contributed by atoms with van der Waals surface area (Å²) in [6.45, 7) is 5.15. The number of carbonyl (C=O) groups excluding carboxylic acids is 1. The van der Waals surface area contributed by atoms with Crippen molar-refractivity contribution in [3.8, 4) is 0 Å². The van der Waals surface area contributed by atoms with Crippen molar-refractivity contribution >= 4 is 27.6 Å². The highest BCUT2D eigenvalue weighted by Crippen LogP contribution is 2.30. The molecule has 148 valence electrons. The Morgan fingerprint density at radius 2 is 1.76 bits per heavy atom. The molecule has 0 atom stereocenters. The van der Waals surface area contributed by atoms with Crippen LogP contribution in [0.15, 0.2) is 71.3 Å². The number of carbonyl (C=O) groups is 1. The van der Waals surface area contributed by atoms with Crippen LogP contribution in [0.2, 0.25) is 0 Å². The normalized spacial score (nSPS) is 11.4. The largest absolute Gasteiger partial charge is 0.464 e. The van der Waals surface area contributed by atoms with E-state index in [9.17, 15) is 4.79 Å². The van der Waals surface area contributed by atoms with Gasteiger partial charge in [0, 0.05) is 17.5 Å². The third kappa shape index (κ3) is 4.49. The van der Waals surface area contributed by atoms with Gasteiger partial charge in [-0.3, -0.25) is 4.79 Å². The highest BCUT2D eigenvalue weighted by Gasteiger charge is 2.13. The zero-order valence-electron chi connectivity index (χ0n) is 16.8. The molecule has 1 heterocycles. The van der Waals surface area contributed by atoms with Gasteiger partial charge in [0.25, 0.3) is 0 Å². The summed E-state index contributed by atoms with van der Waals surface area (Å²) in [6.07, 6.45) is 2.20. The highest BCUT2D eigenvalue weighted by atomic mass is 16.5. The smallest absolute Gasteiger partial charge is 0.224 e. The van der Waals surface area contributed by atoms with E-state index in [-0.39, 0.29) is 12.0 Å². The third-order valence-corrected chi connectivity index (χ3v) is 4.99. The first kappa shape index (κ1) is 19.2. The van der Waals surface area contributed by atoms with Crippen LogP contribution in [0.4, 0.5) is 0 Å². The number of ether oxygens (including phenoxy) is 1. The van der Waals surface area contributed by atoms with Crippen LogP contribution in [-0.2, 0) is 29.1 Å². The molecule has 0 bridgehead atoms. The van der Waals surface area contributed by atoms with Gasteiger partial charge >= 0.3 is 0 Å². The van der Waals surface area contributed by atoms with Gasteiger partial charge in [0.05, 0.1) is 25.4 Å². The van der Waals surface area contributed by atoms with Crippen molar-refractivity contribution in [1.82, 2.24) is 5.32 Å². The molecule has 0 fully saturated rings. The minimum Gasteiger partial charge on any atom is -0.464 e. The summed E-state index contributed by atoms with van der Waals surface area (Å²) in [7, 11) is 0. The van der Waals surface area contributed by atoms with Gasteiger partial charge in [0.15, 0.2) is 0 Å². The zero-order chi connectivity index (χ0) is 20.2. The summed E-state index contributed by atoms with van der Waals surface area (Å²) in [5.74, 6) is -0.0205. The second kappa shape index (κ2) is 8.50. The molecule has 1 amide bonds. The van der Waals surface area contributed by atoms with E-state index >= 15 is 0 Å². The molecule has 3 aromatic carbocycles. The lowest BCUT2D eigenvalue weighted by Gasteiger charge is -2.09. The lowest BCUT2D eigenvalue weighted by Crippen LogP contribution is -2.24. The van der Waals surface area contributed by atoms with Gasteiger partial charge in [-0.05, 0) is 41.8 Å². The van der Waals surface area contributed by atoms with Crippen molar-refractivity contribution in [2.75, 3.05) is 0 Å². The molecule has 1 N–H and O–H groups in total. The second-order valence-electron chi connectivity index (χ2n) is 7.55. The Labute approximate surface area is 170 Å². The summed E-state index contributed by atoms with van der Waals surface area (Å²) in [5, 5.41) is 6.28. The Balaban J connectivity index is 1.41. The Bertz CT molecular complexity index is 1130. The number of hydrogen-bond acceptors (Lipinski definition) is 3. The van der Waals surface area contributed by atoms with Crippen molar-refractivity contribution in [3.63, 3.8) is 0 Å². The van der Waals surface area contributed by atoms with Crippen LogP contribution >= 0.6 is 0 Å². The van der Waals surface area contributed by atoms with E-state index in [1.54, 1.807) is 6.26 Å². The first-order chi connectivity index (χ1) is 14.1. The molecule has 4 nitrogen and oxygen atoms in total. The zero-order valence-corrected chi connectivity index (χ0v) is 16.8. The summed E-state index contributed by atoms with van der Waals surface area (Å²) in [5.41, 5.74) is 3.92. The van der Waals surface area contributed by atoms with E-state index in [1.807, 2.05) is 62.4 Å². The fourth-order valence-electron chi connectivity index (χ4n) is 3.46. The number of rotatable bonds is 7. The lowest BCUT2D eigenvalue weighted by atomic mass is 10.0. The molecular weight excluding hydrogens is 362 g/mol. The van der Waals surface area contributed by atoms with Crippen LogP contribution in [-0.4, -0.2) is 12.0 Å². The fourth-order valence-corrected chi connectivity index (χ4v) is 3.46. The maximum Gasteiger partial charge on any atom is 0.224 e. The molecule has 0 aliphatic heterocycles. The van der Waals surface area contributed by atoms with Crippen molar-refractivity contribution in [2.24, 2.45) is 0 Å². The monoisotopic (exact) mass is 387 g/mol. The average Bonchev–Trinajstić information content (AvgIpc) is 3.14. The van der Waals surface area contributed by atoms with Gasteiger partial charge in [-0.15, -0.1) is 0 Å². The van der Waals surface area contributed by atoms with Crippen molar-refractivity contribution in [1.29, 1.82) is 0 Å². The number of amides is 1. The summed E-state index contributed by atoms with van der Waals surface area (Å²) < 4.78 is 11.3. The number of fused-ring (bicyclic) bond motifs is 3. The van der Waals surface area contributed by atoms with Crippen molar-refractivity contribution < 1.29 is 13.9 Å². The van der Waals surface area contributed by atoms with E-state index in [2.05, 4.69) is 17.4 Å². The summed E-state index contributed by atoms with van der Waals surface area (Å²) in [4.78, 5) is 12.5. The van der Waals surface area contributed by atoms with Gasteiger partial charge in [-0.1, -0.05) is 54.6 Å². The number of hydrogen-bond donors (Lipinski definition) is 1. The van der Waals surface area contributed by atoms with Crippen molar-refractivity contribution in [2.45, 2.75) is 39.5 Å². The minimum atomic E-state index is -0.0205. The van der Waals surface area contributed by atoms with Crippen LogP contribution < -0.4 is 5.32 Å². The second-order valence-corrected chi connectivity index (χ2v) is 7.55. The van der Waals surface area contributed by atoms with Crippen LogP contribution in [0, 0.1) is 0 Å². The molecule has 0 aliphatic rings. The van der Waals surface area contributed by atoms with Crippen LogP contribution in [0.25, 0.3) is 21.7 Å². The molecule has 4 aromatic rings. The lowest BCUT2D eigenvalue weighted by molar-refractivity contribution is -0.120. The fraction of sp³-hybridized carbons (Fsp3) is 0.240. The molecule has 0 aliphatic carbocycles. The SMILES string of the molecule is CC(C)OCc1ccc(CNC(=O)Cc2coc3ccc4ccccc4c23)cc1. The number of benzene rings is 3. The molecule has 0 saturated heterocycles. The first-order valence-corrected chi connectivity index (χ1v) is 9.94. The van der Waals surface area contributed by atoms with Gasteiger partial charge < -0.3 is 14.5 Å². The standard InChI is InChI=1S/C25H25NO3/c1-17(2)28-15-19-9-7-18(8-10-19)14-26-24(27)13-21-16-29-23-12-11-20-5-3-4-6-22(20)25(21)23/h3-12,16-17H,13-15H2,1-2H3,(H,26,27). The molecular formula is C25H25NO3. The van der Waals surface area contributed by atoms with Gasteiger partial charge in [0.1, 0.15) is 5.58 Å². The Morgan fingerprint density at radius 3 is 2.55 bits per heavy atom. The molecule has 4 rings (SSSR count). The van der Waals surface area contributed by atoms with Crippen LogP contribution in [0.3, 0.4) is 0 Å². The number of nitrogens with one attached hydrogen (secondary N) is 1. The summed E-state index contributed by atoms with van der Waals surface area (Å²) >= 11 is 0. The molecule has 0 unspecified atom stereocenters. The van der Waals surface area contributed by atoms with Gasteiger partial charge in [0.2, 0.25) is 5.91 Å². The predicted octanol–water partition coefficient (Wildman–Crippen LogP) is 5.37. The van der Waals surface area contributed by atoms with E-state index in [4.69, 9.17) is 9.15 Å². The maximum atomic E-state index is 12.5. The Morgan fingerprint density at radius 1 is 1.00 bits per heavy atom. The molecule has 1 aromatic heterocycles. The van der Waals surface area contributed by atoms with E-state index in [0.29, 0.717) is 19.6 Å². The van der Waals surface area contributed by atoms with Gasteiger partial charge in [-0.2, -0.15) is 0 Å². The molecule has 29 heavy (non-hydrogen) atoms. The Hall–Kier alpha value is -3.11. The third-order valence-electron chi connectivity index (χ3n) is 4.99. The summed E-state index contributed by atoms with van der Waals surface area (Å²) in [6, 6.07) is 20.3. The molecule has 4 heteroatoms. The topological polar surface area (TPSA) is 51.5 Å². The van der Waals surface area contributed by atoms with E-state index in [1.165, 1.54) is 0 Å². The van der Waals surface area contributed by atoms with Gasteiger partial charge in [-0.25, -0.2) is 0 Å².